The zero-order valence-electron chi connectivity index (χ0n) is 15.7. The van der Waals surface area contributed by atoms with Crippen LogP contribution in [0.2, 0.25) is 0 Å². The van der Waals surface area contributed by atoms with Crippen LogP contribution in [0.4, 0.5) is 0 Å². The molecule has 2 saturated heterocycles. The van der Waals surface area contributed by atoms with Gasteiger partial charge < -0.3 is 9.64 Å². The molecule has 0 N–H and O–H groups in total. The molecule has 28 heavy (non-hydrogen) atoms. The first-order valence-corrected chi connectivity index (χ1v) is 10.4. The van der Waals surface area contributed by atoms with E-state index in [0.717, 1.165) is 31.5 Å². The molecular weight excluding hydrogens is 396 g/mol. The number of carbonyl (C=O) groups is 3. The predicted octanol–water partition coefficient (Wildman–Crippen LogP) is 3.08. The molecule has 0 atom stereocenters. The second-order valence-electron chi connectivity index (χ2n) is 6.64. The summed E-state index contributed by atoms with van der Waals surface area (Å²) < 4.78 is 5.19. The molecule has 1 aromatic rings. The third-order valence-corrected chi connectivity index (χ3v) is 6.11. The number of carbonyl (C=O) groups excluding carboxylic acids is 3. The van der Waals surface area contributed by atoms with E-state index in [9.17, 15) is 14.4 Å². The topological polar surface area (TPSA) is 66.9 Å². The highest BCUT2D eigenvalue weighted by Gasteiger charge is 2.31. The molecule has 2 aliphatic rings. The summed E-state index contributed by atoms with van der Waals surface area (Å²) in [7, 11) is 1.33. The summed E-state index contributed by atoms with van der Waals surface area (Å²) in [5.41, 5.74) is 1.26. The second kappa shape index (κ2) is 9.34. The van der Waals surface area contributed by atoms with Crippen molar-refractivity contribution >= 4 is 52.2 Å². The van der Waals surface area contributed by atoms with E-state index in [1.807, 2.05) is 4.90 Å². The number of nitrogens with zero attached hydrogens (tertiary/aromatic N) is 2. The monoisotopic (exact) mass is 418 g/mol. The SMILES string of the molecule is COC(=O)c1ccc(C=C2SC(=S)N(CCCC(=O)N3CCCC3)C2=O)cc1. The summed E-state index contributed by atoms with van der Waals surface area (Å²) in [6.07, 6.45) is 4.95. The Bertz CT molecular complexity index is 814. The summed E-state index contributed by atoms with van der Waals surface area (Å²) in [5, 5.41) is 0. The molecule has 0 aromatic heterocycles. The van der Waals surface area contributed by atoms with Crippen molar-refractivity contribution in [1.29, 1.82) is 0 Å². The number of methoxy groups -OCH3 is 1. The average Bonchev–Trinajstić information content (AvgIpc) is 3.32. The van der Waals surface area contributed by atoms with Crippen LogP contribution < -0.4 is 0 Å². The lowest BCUT2D eigenvalue weighted by Crippen LogP contribution is -2.31. The van der Waals surface area contributed by atoms with Crippen LogP contribution >= 0.6 is 24.0 Å². The molecule has 0 bridgehead atoms. The highest BCUT2D eigenvalue weighted by atomic mass is 32.2. The van der Waals surface area contributed by atoms with Crippen molar-refractivity contribution in [2.75, 3.05) is 26.7 Å². The fourth-order valence-corrected chi connectivity index (χ4v) is 4.50. The lowest BCUT2D eigenvalue weighted by Gasteiger charge is -2.17. The van der Waals surface area contributed by atoms with Crippen LogP contribution in [0.25, 0.3) is 6.08 Å². The largest absolute Gasteiger partial charge is 0.465 e. The van der Waals surface area contributed by atoms with Crippen molar-refractivity contribution in [3.8, 4) is 0 Å². The molecule has 0 spiro atoms. The van der Waals surface area contributed by atoms with Gasteiger partial charge in [-0.15, -0.1) is 0 Å². The number of thioether (sulfide) groups is 1. The number of benzene rings is 1. The minimum Gasteiger partial charge on any atom is -0.465 e. The van der Waals surface area contributed by atoms with Gasteiger partial charge in [0.1, 0.15) is 4.32 Å². The fraction of sp³-hybridized carbons (Fsp3) is 0.400. The molecular formula is C20H22N2O4S2. The maximum absolute atomic E-state index is 12.7. The predicted molar refractivity (Wildman–Crippen MR) is 113 cm³/mol. The first kappa shape index (κ1) is 20.5. The summed E-state index contributed by atoms with van der Waals surface area (Å²) in [5.74, 6) is -0.383. The Labute approximate surface area is 173 Å². The standard InChI is InChI=1S/C20H22N2O4S2/c1-26-19(25)15-8-6-14(7-9-15)13-16-18(24)22(20(27)28-16)12-4-5-17(23)21-10-2-3-11-21/h6-9,13H,2-5,10-12H2,1H3. The normalized spacial score (nSPS) is 18.2. The first-order valence-electron chi connectivity index (χ1n) is 9.21. The van der Waals surface area contributed by atoms with Crippen LogP contribution in [0.5, 0.6) is 0 Å². The van der Waals surface area contributed by atoms with Gasteiger partial charge in [-0.3, -0.25) is 14.5 Å². The minimum atomic E-state index is -0.402. The summed E-state index contributed by atoms with van der Waals surface area (Å²) in [4.78, 5) is 40.3. The number of likely N-dealkylation sites (tertiary alicyclic amines) is 1. The summed E-state index contributed by atoms with van der Waals surface area (Å²) in [6.45, 7) is 2.14. The van der Waals surface area contributed by atoms with Crippen molar-refractivity contribution in [2.24, 2.45) is 0 Å². The number of ether oxygens (including phenoxy) is 1. The molecule has 0 radical (unpaired) electrons. The van der Waals surface area contributed by atoms with Crippen LogP contribution in [0.15, 0.2) is 29.2 Å². The van der Waals surface area contributed by atoms with Gasteiger partial charge >= 0.3 is 5.97 Å². The number of esters is 1. The molecule has 8 heteroatoms. The van der Waals surface area contributed by atoms with E-state index in [1.165, 1.54) is 18.9 Å². The fourth-order valence-electron chi connectivity index (χ4n) is 3.19. The number of amides is 2. The Morgan fingerprint density at radius 1 is 1.21 bits per heavy atom. The highest BCUT2D eigenvalue weighted by molar-refractivity contribution is 8.26. The molecule has 2 aliphatic heterocycles. The molecule has 0 aliphatic carbocycles. The van der Waals surface area contributed by atoms with Crippen molar-refractivity contribution < 1.29 is 19.1 Å². The Morgan fingerprint density at radius 3 is 2.54 bits per heavy atom. The molecule has 2 amide bonds. The third kappa shape index (κ3) is 4.80. The molecule has 2 heterocycles. The quantitative estimate of drug-likeness (QED) is 0.402. The minimum absolute atomic E-state index is 0.138. The van der Waals surface area contributed by atoms with Crippen molar-refractivity contribution in [1.82, 2.24) is 9.80 Å². The van der Waals surface area contributed by atoms with E-state index >= 15 is 0 Å². The molecule has 148 valence electrons. The summed E-state index contributed by atoms with van der Waals surface area (Å²) >= 11 is 6.60. The zero-order chi connectivity index (χ0) is 20.1. The maximum Gasteiger partial charge on any atom is 0.337 e. The Hall–Kier alpha value is -2.19. The smallest absolute Gasteiger partial charge is 0.337 e. The van der Waals surface area contributed by atoms with Crippen LogP contribution in [0, 0.1) is 0 Å². The van der Waals surface area contributed by atoms with E-state index in [0.29, 0.717) is 34.2 Å². The van der Waals surface area contributed by atoms with Crippen molar-refractivity contribution in [2.45, 2.75) is 25.7 Å². The zero-order valence-corrected chi connectivity index (χ0v) is 17.3. The first-order chi connectivity index (χ1) is 13.5. The summed E-state index contributed by atoms with van der Waals surface area (Å²) in [6, 6.07) is 6.83. The lowest BCUT2D eigenvalue weighted by molar-refractivity contribution is -0.130. The van der Waals surface area contributed by atoms with Gasteiger partial charge in [-0.05, 0) is 43.0 Å². The number of thiocarbonyl (C=S) groups is 1. The van der Waals surface area contributed by atoms with Crippen LogP contribution in [0.3, 0.4) is 0 Å². The van der Waals surface area contributed by atoms with Gasteiger partial charge in [-0.2, -0.15) is 0 Å². The number of rotatable bonds is 6. The highest BCUT2D eigenvalue weighted by Crippen LogP contribution is 2.32. The molecule has 0 saturated carbocycles. The Balaban J connectivity index is 1.57. The van der Waals surface area contributed by atoms with Gasteiger partial charge in [0.2, 0.25) is 5.91 Å². The molecule has 1 aromatic carbocycles. The van der Waals surface area contributed by atoms with Gasteiger partial charge in [-0.1, -0.05) is 36.1 Å². The Morgan fingerprint density at radius 2 is 1.89 bits per heavy atom. The van der Waals surface area contributed by atoms with Gasteiger partial charge in [-0.25, -0.2) is 4.79 Å². The number of hydrogen-bond donors (Lipinski definition) is 0. The van der Waals surface area contributed by atoms with E-state index in [1.54, 1.807) is 35.2 Å². The van der Waals surface area contributed by atoms with E-state index < -0.39 is 5.97 Å². The molecule has 2 fully saturated rings. The van der Waals surface area contributed by atoms with Gasteiger partial charge in [0.25, 0.3) is 5.91 Å². The third-order valence-electron chi connectivity index (χ3n) is 4.73. The van der Waals surface area contributed by atoms with Gasteiger partial charge in [0.05, 0.1) is 17.6 Å². The van der Waals surface area contributed by atoms with Crippen molar-refractivity contribution in [3.05, 3.63) is 40.3 Å². The van der Waals surface area contributed by atoms with Crippen molar-refractivity contribution in [3.63, 3.8) is 0 Å². The molecule has 3 rings (SSSR count). The van der Waals surface area contributed by atoms with E-state index in [2.05, 4.69) is 4.74 Å². The Kier molecular flexibility index (Phi) is 6.85. The number of hydrogen-bond acceptors (Lipinski definition) is 6. The van der Waals surface area contributed by atoms with Gasteiger partial charge in [0, 0.05) is 26.1 Å². The second-order valence-corrected chi connectivity index (χ2v) is 8.31. The van der Waals surface area contributed by atoms with E-state index in [4.69, 9.17) is 12.2 Å². The van der Waals surface area contributed by atoms with Crippen LogP contribution in [0.1, 0.15) is 41.6 Å². The van der Waals surface area contributed by atoms with E-state index in [-0.39, 0.29) is 11.8 Å². The lowest BCUT2D eigenvalue weighted by atomic mass is 10.1. The van der Waals surface area contributed by atoms with Crippen LogP contribution in [-0.4, -0.2) is 58.6 Å². The van der Waals surface area contributed by atoms with Gasteiger partial charge in [0.15, 0.2) is 0 Å². The molecule has 6 nitrogen and oxygen atoms in total. The van der Waals surface area contributed by atoms with Crippen LogP contribution in [-0.2, 0) is 14.3 Å². The molecule has 0 unspecified atom stereocenters. The average molecular weight is 419 g/mol. The maximum atomic E-state index is 12.7.